The smallest absolute Gasteiger partial charge is 0.341 e. The fourth-order valence-corrected chi connectivity index (χ4v) is 4.16. The van der Waals surface area contributed by atoms with Crippen LogP contribution in [0.25, 0.3) is 28.0 Å². The van der Waals surface area contributed by atoms with Gasteiger partial charge in [0, 0.05) is 48.8 Å². The topological polar surface area (TPSA) is 89.2 Å². The number of nitrogens with one attached hydrogen (secondary N) is 1. The molecule has 34 heavy (non-hydrogen) atoms. The lowest BCUT2D eigenvalue weighted by Crippen LogP contribution is -2.30. The highest BCUT2D eigenvalue weighted by molar-refractivity contribution is 7.59. The molecule has 0 unspecified atom stereocenters. The van der Waals surface area contributed by atoms with Crippen molar-refractivity contribution in [3.05, 3.63) is 81.7 Å². The van der Waals surface area contributed by atoms with E-state index in [1.165, 1.54) is 0 Å². The fourth-order valence-electron chi connectivity index (χ4n) is 4.16. The Balaban J connectivity index is 0.00000274. The lowest BCUT2D eigenvalue weighted by Gasteiger charge is -2.22. The number of nitrogens with zero attached hydrogens (tertiary/aromatic N) is 3. The second-order valence-electron chi connectivity index (χ2n) is 7.86. The molecule has 1 aliphatic heterocycles. The van der Waals surface area contributed by atoms with Crippen LogP contribution in [0.5, 0.6) is 0 Å². The molecule has 3 aromatic heterocycles. The van der Waals surface area contributed by atoms with Gasteiger partial charge in [-0.15, -0.1) is 0 Å². The first kappa shape index (κ1) is 23.6. The van der Waals surface area contributed by atoms with E-state index < -0.39 is 34.4 Å². The van der Waals surface area contributed by atoms with Crippen molar-refractivity contribution in [1.29, 1.82) is 0 Å². The largest absolute Gasteiger partial charge is 0.477 e. The molecule has 0 amide bonds. The molecule has 0 saturated heterocycles. The highest BCUT2D eigenvalue weighted by atomic mass is 32.1. The van der Waals surface area contributed by atoms with E-state index >= 15 is 4.39 Å². The Hall–Kier alpha value is -3.57. The number of aromatic nitrogens is 3. The van der Waals surface area contributed by atoms with E-state index in [2.05, 4.69) is 10.3 Å². The fraction of sp³-hybridized carbons (Fsp3) is 0.174. The summed E-state index contributed by atoms with van der Waals surface area (Å²) in [5, 5.41) is 12.4. The molecule has 0 spiro atoms. The third-order valence-corrected chi connectivity index (χ3v) is 5.78. The van der Waals surface area contributed by atoms with Crippen molar-refractivity contribution in [2.45, 2.75) is 19.5 Å². The highest BCUT2D eigenvalue weighted by Crippen LogP contribution is 2.30. The maximum absolute atomic E-state index is 15.1. The number of rotatable bonds is 3. The standard InChI is InChI=1S/C23H17F3N4O3.H2S/c1-11-19-6-12(9-29(19)5-4-27-11)20-17(26)8-14-21(31)15(23(32)33)10-30(22(14)28-20)18-3-2-13(24)7-16(18)25;/h2-3,6-11,27H,4-5H2,1H3,(H,32,33);1H2/t11-;/m0./s1. The number of aromatic carboxylic acids is 1. The molecule has 176 valence electrons. The monoisotopic (exact) mass is 488 g/mol. The van der Waals surface area contributed by atoms with Gasteiger partial charge in [-0.05, 0) is 31.2 Å². The van der Waals surface area contributed by atoms with Crippen LogP contribution in [0.4, 0.5) is 13.2 Å². The van der Waals surface area contributed by atoms with E-state index in [1.54, 1.807) is 12.3 Å². The molecule has 7 nitrogen and oxygen atoms in total. The van der Waals surface area contributed by atoms with Crippen LogP contribution in [-0.4, -0.2) is 31.7 Å². The molecule has 0 aliphatic carbocycles. The zero-order valence-corrected chi connectivity index (χ0v) is 18.8. The van der Waals surface area contributed by atoms with E-state index in [0.29, 0.717) is 18.2 Å². The maximum atomic E-state index is 15.1. The van der Waals surface area contributed by atoms with Gasteiger partial charge in [0.25, 0.3) is 0 Å². The quantitative estimate of drug-likeness (QED) is 0.459. The van der Waals surface area contributed by atoms with Crippen molar-refractivity contribution in [1.82, 2.24) is 19.4 Å². The Bertz CT molecular complexity index is 1520. The molecule has 1 aliphatic rings. The van der Waals surface area contributed by atoms with E-state index in [1.807, 2.05) is 11.5 Å². The third kappa shape index (κ3) is 3.76. The van der Waals surface area contributed by atoms with Crippen LogP contribution >= 0.6 is 13.5 Å². The average Bonchev–Trinajstić information content (AvgIpc) is 3.20. The normalized spacial score (nSPS) is 15.1. The van der Waals surface area contributed by atoms with Gasteiger partial charge >= 0.3 is 5.97 Å². The molecule has 1 aromatic carbocycles. The molecule has 4 aromatic rings. The number of pyridine rings is 2. The first-order chi connectivity index (χ1) is 15.7. The first-order valence-corrected chi connectivity index (χ1v) is 10.1. The molecule has 5 rings (SSSR count). The van der Waals surface area contributed by atoms with Gasteiger partial charge in [-0.1, -0.05) is 0 Å². The molecular formula is C23H19F3N4O3S. The van der Waals surface area contributed by atoms with E-state index in [9.17, 15) is 23.5 Å². The van der Waals surface area contributed by atoms with E-state index in [0.717, 1.165) is 41.2 Å². The molecule has 11 heteroatoms. The number of carboxylic acid groups (broad SMARTS) is 1. The number of hydrogen-bond acceptors (Lipinski definition) is 4. The Morgan fingerprint density at radius 2 is 1.91 bits per heavy atom. The van der Waals surface area contributed by atoms with Gasteiger partial charge in [0.1, 0.15) is 34.4 Å². The molecule has 0 bridgehead atoms. The summed E-state index contributed by atoms with van der Waals surface area (Å²) in [5.41, 5.74) is -0.718. The Labute approximate surface area is 197 Å². The number of hydrogen-bond donors (Lipinski definition) is 2. The number of fused-ring (bicyclic) bond motifs is 2. The highest BCUT2D eigenvalue weighted by Gasteiger charge is 2.23. The lowest BCUT2D eigenvalue weighted by molar-refractivity contribution is 0.0695. The van der Waals surface area contributed by atoms with Crippen LogP contribution in [0, 0.1) is 17.5 Å². The molecule has 1 atom stereocenters. The lowest BCUT2D eigenvalue weighted by atomic mass is 10.1. The van der Waals surface area contributed by atoms with Gasteiger partial charge in [0.2, 0.25) is 5.43 Å². The van der Waals surface area contributed by atoms with Crippen LogP contribution in [-0.2, 0) is 6.54 Å². The van der Waals surface area contributed by atoms with Crippen LogP contribution in [0.3, 0.4) is 0 Å². The summed E-state index contributed by atoms with van der Waals surface area (Å²) < 4.78 is 46.2. The summed E-state index contributed by atoms with van der Waals surface area (Å²) >= 11 is 0. The zero-order chi connectivity index (χ0) is 23.4. The van der Waals surface area contributed by atoms with Gasteiger partial charge in [-0.3, -0.25) is 9.36 Å². The minimum atomic E-state index is -1.57. The predicted octanol–water partition coefficient (Wildman–Crippen LogP) is 3.75. The van der Waals surface area contributed by atoms with Gasteiger partial charge in [0.15, 0.2) is 0 Å². The SMILES string of the molecule is C[C@@H]1NCCn2cc(-c3nc4c(cc3F)c(=O)c(C(=O)O)cn4-c3ccc(F)cc3F)cc21.S. The van der Waals surface area contributed by atoms with Crippen molar-refractivity contribution < 1.29 is 23.1 Å². The van der Waals surface area contributed by atoms with Gasteiger partial charge < -0.3 is 15.0 Å². The van der Waals surface area contributed by atoms with E-state index in [-0.39, 0.29) is 42.0 Å². The van der Waals surface area contributed by atoms with Crippen molar-refractivity contribution in [3.63, 3.8) is 0 Å². The summed E-state index contributed by atoms with van der Waals surface area (Å²) in [6.07, 6.45) is 2.66. The second kappa shape index (κ2) is 8.65. The number of halogens is 3. The zero-order valence-electron chi connectivity index (χ0n) is 17.8. The molecule has 0 radical (unpaired) electrons. The van der Waals surface area contributed by atoms with Crippen molar-refractivity contribution >= 4 is 30.5 Å². The Kier molecular flexibility index (Phi) is 6.00. The van der Waals surface area contributed by atoms with Crippen molar-refractivity contribution in [2.75, 3.05) is 6.54 Å². The number of carbonyl (C=O) groups is 1. The molecule has 0 fully saturated rings. The van der Waals surface area contributed by atoms with Crippen LogP contribution in [0.2, 0.25) is 0 Å². The minimum Gasteiger partial charge on any atom is -0.477 e. The minimum absolute atomic E-state index is 0. The van der Waals surface area contributed by atoms with Gasteiger partial charge in [0.05, 0.1) is 11.1 Å². The number of carboxylic acids is 1. The van der Waals surface area contributed by atoms with Gasteiger partial charge in [-0.25, -0.2) is 22.9 Å². The maximum Gasteiger partial charge on any atom is 0.341 e. The van der Waals surface area contributed by atoms with Crippen molar-refractivity contribution in [2.24, 2.45) is 0 Å². The van der Waals surface area contributed by atoms with Gasteiger partial charge in [-0.2, -0.15) is 13.5 Å². The molecule has 2 N–H and O–H groups in total. The molecular weight excluding hydrogens is 469 g/mol. The van der Waals surface area contributed by atoms with Crippen molar-refractivity contribution in [3.8, 4) is 16.9 Å². The summed E-state index contributed by atoms with van der Waals surface area (Å²) in [5.74, 6) is -4.22. The summed E-state index contributed by atoms with van der Waals surface area (Å²) in [7, 11) is 0. The summed E-state index contributed by atoms with van der Waals surface area (Å²) in [6, 6.07) is 5.43. The second-order valence-corrected chi connectivity index (χ2v) is 7.86. The Morgan fingerprint density at radius 3 is 2.59 bits per heavy atom. The first-order valence-electron chi connectivity index (χ1n) is 10.1. The average molecular weight is 488 g/mol. The summed E-state index contributed by atoms with van der Waals surface area (Å²) in [6.45, 7) is 3.40. The van der Waals surface area contributed by atoms with Crippen LogP contribution < -0.4 is 10.7 Å². The number of benzene rings is 1. The van der Waals surface area contributed by atoms with Crippen LogP contribution in [0.1, 0.15) is 29.0 Å². The molecule has 4 heterocycles. The third-order valence-electron chi connectivity index (χ3n) is 5.78. The Morgan fingerprint density at radius 1 is 1.15 bits per heavy atom. The molecule has 0 saturated carbocycles. The predicted molar refractivity (Wildman–Crippen MR) is 124 cm³/mol. The van der Waals surface area contributed by atoms with Crippen LogP contribution in [0.15, 0.2) is 47.5 Å². The summed E-state index contributed by atoms with van der Waals surface area (Å²) in [4.78, 5) is 28.7. The van der Waals surface area contributed by atoms with E-state index in [4.69, 9.17) is 0 Å².